The first-order valence-electron chi connectivity index (χ1n) is 3.84. The second kappa shape index (κ2) is 2.86. The number of nitrogen functional groups attached to an aromatic ring is 1. The van der Waals surface area contributed by atoms with Gasteiger partial charge < -0.3 is 5.73 Å². The SMILES string of the molecule is Cc1c(C#N)c(Cl)c2cnc(N)nn12. The molecule has 14 heavy (non-hydrogen) atoms. The van der Waals surface area contributed by atoms with Gasteiger partial charge >= 0.3 is 0 Å². The molecule has 0 aliphatic rings. The van der Waals surface area contributed by atoms with Crippen LogP contribution in [0.3, 0.4) is 0 Å². The highest BCUT2D eigenvalue weighted by Gasteiger charge is 2.14. The molecule has 0 saturated heterocycles. The highest BCUT2D eigenvalue weighted by atomic mass is 35.5. The number of nitriles is 1. The van der Waals surface area contributed by atoms with Crippen molar-refractivity contribution in [2.45, 2.75) is 6.92 Å². The van der Waals surface area contributed by atoms with Crippen molar-refractivity contribution in [2.75, 3.05) is 5.73 Å². The molecule has 0 bridgehead atoms. The van der Waals surface area contributed by atoms with Gasteiger partial charge in [-0.15, -0.1) is 5.10 Å². The van der Waals surface area contributed by atoms with Crippen molar-refractivity contribution in [3.63, 3.8) is 0 Å². The molecule has 0 fully saturated rings. The number of nitrogens with two attached hydrogens (primary N) is 1. The number of aryl methyl sites for hydroxylation is 1. The van der Waals surface area contributed by atoms with Gasteiger partial charge in [0.2, 0.25) is 5.95 Å². The molecule has 0 unspecified atom stereocenters. The van der Waals surface area contributed by atoms with Crippen LogP contribution in [0.25, 0.3) is 5.52 Å². The fourth-order valence-electron chi connectivity index (χ4n) is 1.29. The fourth-order valence-corrected chi connectivity index (χ4v) is 1.60. The second-order valence-electron chi connectivity index (χ2n) is 2.80. The summed E-state index contributed by atoms with van der Waals surface area (Å²) in [6, 6.07) is 2.01. The summed E-state index contributed by atoms with van der Waals surface area (Å²) < 4.78 is 1.52. The van der Waals surface area contributed by atoms with E-state index < -0.39 is 0 Å². The summed E-state index contributed by atoms with van der Waals surface area (Å²) in [6.07, 6.45) is 1.50. The Kier molecular flexibility index (Phi) is 1.79. The summed E-state index contributed by atoms with van der Waals surface area (Å²) >= 11 is 5.95. The van der Waals surface area contributed by atoms with Gasteiger partial charge in [0.1, 0.15) is 11.6 Å². The van der Waals surface area contributed by atoms with E-state index in [0.29, 0.717) is 21.8 Å². The standard InChI is InChI=1S/C8H6ClN5/c1-4-5(2-10)7(9)6-3-12-8(11)13-14(4)6/h3H,1H3,(H2,11,13). The fraction of sp³-hybridized carbons (Fsp3) is 0.125. The van der Waals surface area contributed by atoms with Crippen LogP contribution in [-0.4, -0.2) is 14.6 Å². The average molecular weight is 208 g/mol. The zero-order valence-corrected chi connectivity index (χ0v) is 8.08. The number of nitrogens with zero attached hydrogens (tertiary/aromatic N) is 4. The third kappa shape index (κ3) is 1.01. The number of aromatic nitrogens is 3. The Bertz CT molecular complexity index is 551. The van der Waals surface area contributed by atoms with Crippen molar-refractivity contribution in [2.24, 2.45) is 0 Å². The number of hydrogen-bond acceptors (Lipinski definition) is 4. The molecule has 2 heterocycles. The molecule has 0 amide bonds. The first kappa shape index (κ1) is 8.78. The average Bonchev–Trinajstić information content (AvgIpc) is 2.39. The summed E-state index contributed by atoms with van der Waals surface area (Å²) in [5.74, 6) is 0.150. The van der Waals surface area contributed by atoms with Gasteiger partial charge in [-0.25, -0.2) is 9.50 Å². The normalized spacial score (nSPS) is 10.4. The van der Waals surface area contributed by atoms with E-state index in [1.807, 2.05) is 6.07 Å². The van der Waals surface area contributed by atoms with Gasteiger partial charge in [0.15, 0.2) is 0 Å². The summed E-state index contributed by atoms with van der Waals surface area (Å²) in [6.45, 7) is 1.75. The molecule has 0 saturated carbocycles. The highest BCUT2D eigenvalue weighted by Crippen LogP contribution is 2.26. The minimum Gasteiger partial charge on any atom is -0.367 e. The van der Waals surface area contributed by atoms with Gasteiger partial charge in [-0.1, -0.05) is 11.6 Å². The number of anilines is 1. The molecular formula is C8H6ClN5. The molecule has 0 atom stereocenters. The largest absolute Gasteiger partial charge is 0.367 e. The molecule has 5 nitrogen and oxygen atoms in total. The molecule has 2 N–H and O–H groups in total. The molecule has 0 aliphatic heterocycles. The van der Waals surface area contributed by atoms with E-state index in [2.05, 4.69) is 10.1 Å². The number of fused-ring (bicyclic) bond motifs is 1. The maximum absolute atomic E-state index is 8.84. The minimum absolute atomic E-state index is 0.150. The first-order chi connectivity index (χ1) is 6.65. The van der Waals surface area contributed by atoms with E-state index in [0.717, 1.165) is 0 Å². The molecule has 2 aromatic heterocycles. The lowest BCUT2D eigenvalue weighted by atomic mass is 10.3. The number of hydrogen-bond donors (Lipinski definition) is 1. The van der Waals surface area contributed by atoms with Gasteiger partial charge in [-0.05, 0) is 6.92 Å². The van der Waals surface area contributed by atoms with Crippen LogP contribution in [0.1, 0.15) is 11.3 Å². The molecule has 0 spiro atoms. The quantitative estimate of drug-likeness (QED) is 0.703. The van der Waals surface area contributed by atoms with Crippen LogP contribution < -0.4 is 5.73 Å². The lowest BCUT2D eigenvalue weighted by Gasteiger charge is -1.96. The van der Waals surface area contributed by atoms with Crippen LogP contribution in [0, 0.1) is 18.3 Å². The van der Waals surface area contributed by atoms with Crippen LogP contribution in [0.5, 0.6) is 0 Å². The number of halogens is 1. The summed E-state index contributed by atoms with van der Waals surface area (Å²) in [4.78, 5) is 3.81. The molecule has 2 rings (SSSR count). The van der Waals surface area contributed by atoms with Gasteiger partial charge in [0.05, 0.1) is 22.5 Å². The Morgan fingerprint density at radius 3 is 3.00 bits per heavy atom. The van der Waals surface area contributed by atoms with Crippen LogP contribution in [0.15, 0.2) is 6.20 Å². The van der Waals surface area contributed by atoms with Crippen molar-refractivity contribution in [3.05, 3.63) is 22.5 Å². The van der Waals surface area contributed by atoms with Crippen molar-refractivity contribution in [3.8, 4) is 6.07 Å². The molecule has 0 aliphatic carbocycles. The zero-order valence-electron chi connectivity index (χ0n) is 7.32. The Morgan fingerprint density at radius 1 is 1.64 bits per heavy atom. The van der Waals surface area contributed by atoms with E-state index in [-0.39, 0.29) is 5.95 Å². The van der Waals surface area contributed by atoms with Crippen molar-refractivity contribution in [1.82, 2.24) is 14.6 Å². The van der Waals surface area contributed by atoms with E-state index >= 15 is 0 Å². The van der Waals surface area contributed by atoms with Gasteiger partial charge in [0, 0.05) is 0 Å². The minimum atomic E-state index is 0.150. The van der Waals surface area contributed by atoms with E-state index in [4.69, 9.17) is 22.6 Å². The molecule has 0 aromatic carbocycles. The smallest absolute Gasteiger partial charge is 0.238 e. The topological polar surface area (TPSA) is 80.0 Å². The molecule has 70 valence electrons. The summed E-state index contributed by atoms with van der Waals surface area (Å²) in [5.41, 5.74) is 7.09. The second-order valence-corrected chi connectivity index (χ2v) is 3.18. The maximum atomic E-state index is 8.84. The predicted molar refractivity (Wildman–Crippen MR) is 51.9 cm³/mol. The van der Waals surface area contributed by atoms with Crippen LogP contribution in [0.4, 0.5) is 5.95 Å². The van der Waals surface area contributed by atoms with E-state index in [1.54, 1.807) is 6.92 Å². The summed E-state index contributed by atoms with van der Waals surface area (Å²) in [7, 11) is 0. The molecule has 6 heteroatoms. The van der Waals surface area contributed by atoms with Crippen LogP contribution in [-0.2, 0) is 0 Å². The Hall–Kier alpha value is -1.80. The van der Waals surface area contributed by atoms with E-state index in [1.165, 1.54) is 10.7 Å². The third-order valence-corrected chi connectivity index (χ3v) is 2.37. The summed E-state index contributed by atoms with van der Waals surface area (Å²) in [5, 5.41) is 13.2. The van der Waals surface area contributed by atoms with Crippen molar-refractivity contribution in [1.29, 1.82) is 5.26 Å². The van der Waals surface area contributed by atoms with E-state index in [9.17, 15) is 0 Å². The highest BCUT2D eigenvalue weighted by molar-refractivity contribution is 6.35. The Labute approximate surface area is 84.7 Å². The monoisotopic (exact) mass is 207 g/mol. The molecule has 2 aromatic rings. The lowest BCUT2D eigenvalue weighted by Crippen LogP contribution is -2.01. The van der Waals surface area contributed by atoms with Gasteiger partial charge in [0.25, 0.3) is 0 Å². The Morgan fingerprint density at radius 2 is 2.36 bits per heavy atom. The molecule has 0 radical (unpaired) electrons. The predicted octanol–water partition coefficient (Wildman–Crippen LogP) is 1.14. The maximum Gasteiger partial charge on any atom is 0.238 e. The molecular weight excluding hydrogens is 202 g/mol. The third-order valence-electron chi connectivity index (χ3n) is 1.99. The first-order valence-corrected chi connectivity index (χ1v) is 4.22. The van der Waals surface area contributed by atoms with Crippen LogP contribution >= 0.6 is 11.6 Å². The van der Waals surface area contributed by atoms with Crippen molar-refractivity contribution < 1.29 is 0 Å². The zero-order chi connectivity index (χ0) is 10.3. The van der Waals surface area contributed by atoms with Crippen LogP contribution in [0.2, 0.25) is 5.02 Å². The number of rotatable bonds is 0. The Balaban J connectivity index is 2.96. The van der Waals surface area contributed by atoms with Crippen molar-refractivity contribution >= 4 is 23.1 Å². The lowest BCUT2D eigenvalue weighted by molar-refractivity contribution is 0.882. The van der Waals surface area contributed by atoms with Gasteiger partial charge in [-0.2, -0.15) is 5.26 Å². The van der Waals surface area contributed by atoms with Gasteiger partial charge in [-0.3, -0.25) is 0 Å².